The topological polar surface area (TPSA) is 128 Å². The number of carbonyl (C=O) groups is 2. The average molecular weight is 439 g/mol. The number of ether oxygens (including phenoxy) is 1. The van der Waals surface area contributed by atoms with Crippen LogP contribution in [0, 0.1) is 0 Å². The van der Waals surface area contributed by atoms with E-state index in [0.29, 0.717) is 5.56 Å². The maximum Gasteiger partial charge on any atom is 0.262 e. The SMILES string of the molecule is C=CC[C@@]1(O)[C@H](N2C(=O)c3ccccc3C2=O)[C@@H](O)O[C@H](CO)[C@]1(O)Cc1ccccc1. The Morgan fingerprint density at radius 2 is 1.53 bits per heavy atom. The van der Waals surface area contributed by atoms with Crippen molar-refractivity contribution in [3.05, 3.63) is 83.9 Å². The number of benzene rings is 2. The zero-order valence-electron chi connectivity index (χ0n) is 17.3. The molecule has 4 N–H and O–H groups in total. The molecule has 1 fully saturated rings. The molecule has 0 aromatic heterocycles. The number of hydrogen-bond donors (Lipinski definition) is 4. The fraction of sp³-hybridized carbons (Fsp3) is 0.333. The molecule has 4 rings (SSSR count). The lowest BCUT2D eigenvalue weighted by Crippen LogP contribution is -2.78. The van der Waals surface area contributed by atoms with Crippen LogP contribution in [0.1, 0.15) is 32.7 Å². The van der Waals surface area contributed by atoms with Gasteiger partial charge in [-0.3, -0.25) is 14.5 Å². The number of rotatable bonds is 6. The quantitative estimate of drug-likeness (QED) is 0.384. The Bertz CT molecular complexity index is 1010. The highest BCUT2D eigenvalue weighted by atomic mass is 16.6. The third-order valence-electron chi connectivity index (χ3n) is 6.39. The molecule has 0 radical (unpaired) electrons. The van der Waals surface area contributed by atoms with Crippen LogP contribution in [-0.2, 0) is 11.2 Å². The highest BCUT2D eigenvalue weighted by molar-refractivity contribution is 6.21. The third-order valence-corrected chi connectivity index (χ3v) is 6.39. The van der Waals surface area contributed by atoms with Crippen LogP contribution < -0.4 is 0 Å². The molecule has 2 heterocycles. The predicted octanol–water partition coefficient (Wildman–Crippen LogP) is 0.642. The Morgan fingerprint density at radius 1 is 0.969 bits per heavy atom. The summed E-state index contributed by atoms with van der Waals surface area (Å²) in [7, 11) is 0. The van der Waals surface area contributed by atoms with Crippen molar-refractivity contribution in [2.75, 3.05) is 6.61 Å². The number of amides is 2. The molecule has 0 bridgehead atoms. The van der Waals surface area contributed by atoms with Crippen LogP contribution in [0.3, 0.4) is 0 Å². The maximum absolute atomic E-state index is 13.1. The van der Waals surface area contributed by atoms with Gasteiger partial charge in [0.25, 0.3) is 11.8 Å². The Balaban J connectivity index is 1.84. The number of fused-ring (bicyclic) bond motifs is 1. The molecule has 8 nitrogen and oxygen atoms in total. The van der Waals surface area contributed by atoms with Gasteiger partial charge in [-0.05, 0) is 24.1 Å². The fourth-order valence-electron chi connectivity index (χ4n) is 4.81. The summed E-state index contributed by atoms with van der Waals surface area (Å²) in [5.41, 5.74) is -3.57. The normalized spacial score (nSPS) is 32.1. The summed E-state index contributed by atoms with van der Waals surface area (Å²) in [5, 5.41) is 44.5. The first-order chi connectivity index (χ1) is 15.3. The van der Waals surface area contributed by atoms with Crippen LogP contribution >= 0.6 is 0 Å². The van der Waals surface area contributed by atoms with E-state index < -0.39 is 48.1 Å². The van der Waals surface area contributed by atoms with Gasteiger partial charge in [0.1, 0.15) is 23.3 Å². The van der Waals surface area contributed by atoms with E-state index in [-0.39, 0.29) is 24.0 Å². The van der Waals surface area contributed by atoms with E-state index in [4.69, 9.17) is 4.74 Å². The number of imide groups is 1. The summed E-state index contributed by atoms with van der Waals surface area (Å²) in [6, 6.07) is 13.2. The number of hydrogen-bond acceptors (Lipinski definition) is 7. The first kappa shape index (κ1) is 22.3. The van der Waals surface area contributed by atoms with Gasteiger partial charge < -0.3 is 25.2 Å². The van der Waals surface area contributed by atoms with Crippen LogP contribution in [0.15, 0.2) is 67.3 Å². The summed E-state index contributed by atoms with van der Waals surface area (Å²) in [5.74, 6) is -1.43. The average Bonchev–Trinajstić information content (AvgIpc) is 3.03. The highest BCUT2D eigenvalue weighted by Crippen LogP contribution is 2.46. The largest absolute Gasteiger partial charge is 0.394 e. The monoisotopic (exact) mass is 439 g/mol. The minimum atomic E-state index is -2.27. The van der Waals surface area contributed by atoms with E-state index in [1.807, 2.05) is 0 Å². The summed E-state index contributed by atoms with van der Waals surface area (Å²) < 4.78 is 5.50. The minimum absolute atomic E-state index is 0.126. The van der Waals surface area contributed by atoms with Gasteiger partial charge in [-0.15, -0.1) is 6.58 Å². The van der Waals surface area contributed by atoms with Crippen LogP contribution in [0.2, 0.25) is 0 Å². The summed E-state index contributed by atoms with van der Waals surface area (Å²) in [6.45, 7) is 2.93. The smallest absolute Gasteiger partial charge is 0.262 e. The first-order valence-electron chi connectivity index (χ1n) is 10.3. The van der Waals surface area contributed by atoms with Crippen molar-refractivity contribution in [2.24, 2.45) is 0 Å². The van der Waals surface area contributed by atoms with Crippen LogP contribution in [-0.4, -0.2) is 73.4 Å². The van der Waals surface area contributed by atoms with Crippen molar-refractivity contribution in [3.63, 3.8) is 0 Å². The van der Waals surface area contributed by atoms with Crippen molar-refractivity contribution in [1.82, 2.24) is 4.90 Å². The summed E-state index contributed by atoms with van der Waals surface area (Å²) in [6.07, 6.45) is -2.38. The van der Waals surface area contributed by atoms with Gasteiger partial charge in [0.2, 0.25) is 0 Å². The van der Waals surface area contributed by atoms with Crippen molar-refractivity contribution in [3.8, 4) is 0 Å². The number of aliphatic hydroxyl groups is 4. The molecule has 0 spiro atoms. The van der Waals surface area contributed by atoms with E-state index in [2.05, 4.69) is 6.58 Å². The molecule has 0 unspecified atom stereocenters. The van der Waals surface area contributed by atoms with Gasteiger partial charge in [0.05, 0.1) is 17.7 Å². The van der Waals surface area contributed by atoms with Crippen molar-refractivity contribution in [1.29, 1.82) is 0 Å². The van der Waals surface area contributed by atoms with E-state index in [1.165, 1.54) is 18.2 Å². The first-order valence-corrected chi connectivity index (χ1v) is 10.3. The standard InChI is InChI=1S/C24H25NO7/c1-2-12-23(30)19(25-20(27)16-10-6-7-11-17(16)21(25)28)22(29)32-18(14-26)24(23,31)13-15-8-4-3-5-9-15/h2-11,18-19,22,26,29-31H,1,12-14H2/t18-,19-,22+,23-,24-/m1/s1. The minimum Gasteiger partial charge on any atom is -0.394 e. The lowest BCUT2D eigenvalue weighted by Gasteiger charge is -2.57. The molecule has 2 amide bonds. The third kappa shape index (κ3) is 3.19. The van der Waals surface area contributed by atoms with Gasteiger partial charge in [-0.25, -0.2) is 0 Å². The molecule has 0 saturated carbocycles. The Morgan fingerprint density at radius 3 is 2.06 bits per heavy atom. The zero-order chi connectivity index (χ0) is 23.1. The summed E-state index contributed by atoms with van der Waals surface area (Å²) in [4.78, 5) is 27.0. The van der Waals surface area contributed by atoms with E-state index >= 15 is 0 Å². The molecule has 5 atom stereocenters. The molecule has 2 aliphatic rings. The molecular weight excluding hydrogens is 414 g/mol. The van der Waals surface area contributed by atoms with Crippen molar-refractivity contribution >= 4 is 11.8 Å². The zero-order valence-corrected chi connectivity index (χ0v) is 17.3. The van der Waals surface area contributed by atoms with Crippen molar-refractivity contribution in [2.45, 2.75) is 42.5 Å². The Labute approximate surface area is 185 Å². The van der Waals surface area contributed by atoms with Gasteiger partial charge >= 0.3 is 0 Å². The predicted molar refractivity (Wildman–Crippen MR) is 114 cm³/mol. The fourth-order valence-corrected chi connectivity index (χ4v) is 4.81. The second kappa shape index (κ2) is 8.23. The molecule has 2 aliphatic heterocycles. The number of aliphatic hydroxyl groups excluding tert-OH is 2. The van der Waals surface area contributed by atoms with Crippen LogP contribution in [0.5, 0.6) is 0 Å². The molecular formula is C24H25NO7. The van der Waals surface area contributed by atoms with Gasteiger partial charge in [0, 0.05) is 6.42 Å². The second-order valence-corrected chi connectivity index (χ2v) is 8.17. The molecule has 32 heavy (non-hydrogen) atoms. The van der Waals surface area contributed by atoms with Crippen LogP contribution in [0.25, 0.3) is 0 Å². The van der Waals surface area contributed by atoms with E-state index in [9.17, 15) is 30.0 Å². The lowest BCUT2D eigenvalue weighted by molar-refractivity contribution is -0.336. The van der Waals surface area contributed by atoms with E-state index in [0.717, 1.165) is 4.90 Å². The Kier molecular flexibility index (Phi) is 5.74. The molecule has 2 aromatic rings. The number of carbonyl (C=O) groups excluding carboxylic acids is 2. The molecule has 1 saturated heterocycles. The Hall–Kier alpha value is -2.88. The highest BCUT2D eigenvalue weighted by Gasteiger charge is 2.67. The van der Waals surface area contributed by atoms with Crippen molar-refractivity contribution < 1.29 is 34.8 Å². The molecule has 168 valence electrons. The number of nitrogens with zero attached hydrogens (tertiary/aromatic N) is 1. The van der Waals surface area contributed by atoms with Gasteiger partial charge in [-0.1, -0.05) is 48.5 Å². The molecule has 0 aliphatic carbocycles. The molecule has 8 heteroatoms. The lowest BCUT2D eigenvalue weighted by atomic mass is 9.66. The second-order valence-electron chi connectivity index (χ2n) is 8.17. The van der Waals surface area contributed by atoms with E-state index in [1.54, 1.807) is 42.5 Å². The maximum atomic E-state index is 13.1. The van der Waals surface area contributed by atoms with Gasteiger partial charge in [-0.2, -0.15) is 0 Å². The molecule has 2 aromatic carbocycles. The van der Waals surface area contributed by atoms with Gasteiger partial charge in [0.15, 0.2) is 6.29 Å². The van der Waals surface area contributed by atoms with Crippen LogP contribution in [0.4, 0.5) is 0 Å². The summed E-state index contributed by atoms with van der Waals surface area (Å²) >= 11 is 0.